The van der Waals surface area contributed by atoms with E-state index in [1.54, 1.807) is 22.8 Å². The fourth-order valence-electron chi connectivity index (χ4n) is 3.30. The number of hydrogen-bond donors (Lipinski definition) is 1. The number of halogens is 1. The number of aryl methyl sites for hydroxylation is 1. The summed E-state index contributed by atoms with van der Waals surface area (Å²) < 4.78 is 2.90. The number of carbonyl (C=O) groups is 1. The first kappa shape index (κ1) is 17.2. The summed E-state index contributed by atoms with van der Waals surface area (Å²) in [5.41, 5.74) is 1.84. The zero-order valence-electron chi connectivity index (χ0n) is 14.2. The highest BCUT2D eigenvalue weighted by Crippen LogP contribution is 2.18. The van der Waals surface area contributed by atoms with Crippen molar-refractivity contribution in [2.75, 3.05) is 5.32 Å². The number of amides is 1. The third-order valence-electron chi connectivity index (χ3n) is 4.68. The molecule has 1 aromatic heterocycles. The van der Waals surface area contributed by atoms with Crippen molar-refractivity contribution in [3.63, 3.8) is 0 Å². The lowest BCUT2D eigenvalue weighted by Gasteiger charge is -2.11. The Kier molecular flexibility index (Phi) is 4.76. The molecule has 0 saturated carbocycles. The minimum atomic E-state index is -0.204. The highest BCUT2D eigenvalue weighted by molar-refractivity contribution is 14.1. The Morgan fingerprint density at radius 1 is 1.08 bits per heavy atom. The van der Waals surface area contributed by atoms with Crippen LogP contribution in [0.15, 0.2) is 47.3 Å². The van der Waals surface area contributed by atoms with E-state index in [1.807, 2.05) is 24.3 Å². The SMILES string of the molecule is O=C(Nc1ccc(I)cc1)c1ccc2c(=O)n3c(nc2c1)CCCCC3. The van der Waals surface area contributed by atoms with Crippen molar-refractivity contribution in [3.05, 3.63) is 67.8 Å². The molecule has 5 nitrogen and oxygen atoms in total. The maximum atomic E-state index is 12.8. The van der Waals surface area contributed by atoms with Gasteiger partial charge in [0, 0.05) is 27.8 Å². The van der Waals surface area contributed by atoms with Crippen LogP contribution in [0.5, 0.6) is 0 Å². The summed E-state index contributed by atoms with van der Waals surface area (Å²) in [6.07, 6.45) is 3.98. The van der Waals surface area contributed by atoms with Gasteiger partial charge in [0.25, 0.3) is 11.5 Å². The predicted octanol–water partition coefficient (Wildman–Crippen LogP) is 3.98. The van der Waals surface area contributed by atoms with E-state index in [9.17, 15) is 9.59 Å². The predicted molar refractivity (Wildman–Crippen MR) is 111 cm³/mol. The van der Waals surface area contributed by atoms with Gasteiger partial charge in [-0.05, 0) is 77.9 Å². The minimum Gasteiger partial charge on any atom is -0.322 e. The van der Waals surface area contributed by atoms with Crippen LogP contribution in [0.4, 0.5) is 5.69 Å². The number of benzene rings is 2. The number of carbonyl (C=O) groups excluding carboxylic acids is 1. The van der Waals surface area contributed by atoms with E-state index in [4.69, 9.17) is 0 Å². The molecule has 0 radical (unpaired) electrons. The van der Waals surface area contributed by atoms with Crippen LogP contribution in [0.25, 0.3) is 10.9 Å². The second-order valence-corrected chi connectivity index (χ2v) is 7.73. The third-order valence-corrected chi connectivity index (χ3v) is 5.40. The zero-order valence-corrected chi connectivity index (χ0v) is 16.3. The summed E-state index contributed by atoms with van der Waals surface area (Å²) in [7, 11) is 0. The highest BCUT2D eigenvalue weighted by Gasteiger charge is 2.15. The molecule has 0 unspecified atom stereocenters. The van der Waals surface area contributed by atoms with Crippen molar-refractivity contribution in [3.8, 4) is 0 Å². The lowest BCUT2D eigenvalue weighted by atomic mass is 10.1. The number of hydrogen-bond acceptors (Lipinski definition) is 3. The number of fused-ring (bicyclic) bond motifs is 2. The molecule has 0 spiro atoms. The molecule has 26 heavy (non-hydrogen) atoms. The van der Waals surface area contributed by atoms with Crippen LogP contribution >= 0.6 is 22.6 Å². The van der Waals surface area contributed by atoms with Crippen molar-refractivity contribution >= 4 is 45.1 Å². The van der Waals surface area contributed by atoms with Crippen LogP contribution in [0.1, 0.15) is 35.4 Å². The van der Waals surface area contributed by atoms with E-state index in [0.29, 0.717) is 16.5 Å². The molecule has 1 amide bonds. The monoisotopic (exact) mass is 459 g/mol. The number of nitrogens with one attached hydrogen (secondary N) is 1. The summed E-state index contributed by atoms with van der Waals surface area (Å²) in [6.45, 7) is 0.728. The van der Waals surface area contributed by atoms with Gasteiger partial charge in [-0.2, -0.15) is 0 Å². The van der Waals surface area contributed by atoms with Crippen molar-refractivity contribution in [2.24, 2.45) is 0 Å². The molecular weight excluding hydrogens is 441 g/mol. The first-order chi connectivity index (χ1) is 12.6. The van der Waals surface area contributed by atoms with Gasteiger partial charge in [-0.1, -0.05) is 6.42 Å². The van der Waals surface area contributed by atoms with Crippen LogP contribution in [0.3, 0.4) is 0 Å². The smallest absolute Gasteiger partial charge is 0.261 e. The van der Waals surface area contributed by atoms with Gasteiger partial charge in [-0.3, -0.25) is 14.2 Å². The molecule has 0 bridgehead atoms. The molecule has 0 aliphatic carbocycles. The van der Waals surface area contributed by atoms with Crippen molar-refractivity contribution < 1.29 is 4.79 Å². The van der Waals surface area contributed by atoms with Crippen LogP contribution in [0.2, 0.25) is 0 Å². The van der Waals surface area contributed by atoms with E-state index in [1.165, 1.54) is 0 Å². The van der Waals surface area contributed by atoms with Crippen molar-refractivity contribution in [1.29, 1.82) is 0 Å². The van der Waals surface area contributed by atoms with Crippen LogP contribution in [0, 0.1) is 3.57 Å². The van der Waals surface area contributed by atoms with E-state index in [-0.39, 0.29) is 11.5 Å². The Hall–Kier alpha value is -2.22. The number of rotatable bonds is 2. The van der Waals surface area contributed by atoms with Crippen molar-refractivity contribution in [2.45, 2.75) is 32.2 Å². The molecule has 1 aliphatic heterocycles. The van der Waals surface area contributed by atoms with Crippen LogP contribution in [-0.2, 0) is 13.0 Å². The Bertz CT molecular complexity index is 1040. The minimum absolute atomic E-state index is 0.00325. The molecule has 1 N–H and O–H groups in total. The zero-order chi connectivity index (χ0) is 18.1. The molecular formula is C20H18IN3O2. The summed E-state index contributed by atoms with van der Waals surface area (Å²) >= 11 is 2.22. The summed E-state index contributed by atoms with van der Waals surface area (Å²) in [4.78, 5) is 30.0. The molecule has 0 saturated heterocycles. The van der Waals surface area contributed by atoms with Gasteiger partial charge in [0.15, 0.2) is 0 Å². The quantitative estimate of drug-likeness (QED) is 0.590. The maximum Gasteiger partial charge on any atom is 0.261 e. The molecule has 2 aromatic carbocycles. The Morgan fingerprint density at radius 3 is 2.69 bits per heavy atom. The fourth-order valence-corrected chi connectivity index (χ4v) is 3.66. The average molecular weight is 459 g/mol. The number of nitrogens with zero attached hydrogens (tertiary/aromatic N) is 2. The normalized spacial score (nSPS) is 13.9. The first-order valence-electron chi connectivity index (χ1n) is 8.72. The van der Waals surface area contributed by atoms with Gasteiger partial charge in [-0.15, -0.1) is 0 Å². The molecule has 0 atom stereocenters. The molecule has 2 heterocycles. The molecule has 6 heteroatoms. The Morgan fingerprint density at radius 2 is 1.88 bits per heavy atom. The average Bonchev–Trinajstić information content (AvgIpc) is 2.89. The largest absolute Gasteiger partial charge is 0.322 e. The first-order valence-corrected chi connectivity index (χ1v) is 9.80. The van der Waals surface area contributed by atoms with Gasteiger partial charge in [0.1, 0.15) is 5.82 Å². The number of anilines is 1. The summed E-state index contributed by atoms with van der Waals surface area (Å²) in [6, 6.07) is 12.7. The topological polar surface area (TPSA) is 64.0 Å². The van der Waals surface area contributed by atoms with Crippen molar-refractivity contribution in [1.82, 2.24) is 9.55 Å². The van der Waals surface area contributed by atoms with Gasteiger partial charge >= 0.3 is 0 Å². The lowest BCUT2D eigenvalue weighted by molar-refractivity contribution is 0.102. The van der Waals surface area contributed by atoms with E-state index >= 15 is 0 Å². The number of aromatic nitrogens is 2. The second kappa shape index (κ2) is 7.19. The molecule has 132 valence electrons. The summed E-state index contributed by atoms with van der Waals surface area (Å²) in [5.74, 6) is 0.625. The Labute approximate surface area is 164 Å². The molecule has 3 aromatic rings. The third kappa shape index (κ3) is 3.38. The molecule has 1 aliphatic rings. The van der Waals surface area contributed by atoms with Gasteiger partial charge < -0.3 is 5.32 Å². The lowest BCUT2D eigenvalue weighted by Crippen LogP contribution is -2.24. The standard InChI is InChI=1S/C20H18IN3O2/c21-14-6-8-15(9-7-14)22-19(25)13-5-10-16-17(12-13)23-18-4-2-1-3-11-24(18)20(16)26/h5-10,12H,1-4,11H2,(H,22,25). The Balaban J connectivity index is 1.69. The highest BCUT2D eigenvalue weighted by atomic mass is 127. The molecule has 0 fully saturated rings. The second-order valence-electron chi connectivity index (χ2n) is 6.49. The van der Waals surface area contributed by atoms with Gasteiger partial charge in [0.05, 0.1) is 10.9 Å². The molecule has 4 rings (SSSR count). The van der Waals surface area contributed by atoms with Gasteiger partial charge in [-0.25, -0.2) is 4.98 Å². The van der Waals surface area contributed by atoms with E-state index < -0.39 is 0 Å². The fraction of sp³-hybridized carbons (Fsp3) is 0.250. The van der Waals surface area contributed by atoms with Gasteiger partial charge in [0.2, 0.25) is 0 Å². The van der Waals surface area contributed by atoms with E-state index in [0.717, 1.165) is 47.3 Å². The summed E-state index contributed by atoms with van der Waals surface area (Å²) in [5, 5.41) is 3.45. The van der Waals surface area contributed by atoms with E-state index in [2.05, 4.69) is 32.9 Å². The maximum absolute atomic E-state index is 12.8. The van der Waals surface area contributed by atoms with Crippen LogP contribution in [-0.4, -0.2) is 15.5 Å². The van der Waals surface area contributed by atoms with Crippen LogP contribution < -0.4 is 10.9 Å².